The second-order valence-corrected chi connectivity index (χ2v) is 12.9. The molecule has 4 aliphatic rings. The van der Waals surface area contributed by atoms with Gasteiger partial charge in [-0.15, -0.1) is 0 Å². The van der Waals surface area contributed by atoms with Crippen molar-refractivity contribution in [1.82, 2.24) is 20.5 Å². The van der Waals surface area contributed by atoms with Crippen molar-refractivity contribution in [2.75, 3.05) is 11.9 Å². The maximum Gasteiger partial charge on any atom is 0.287 e. The molecule has 0 spiro atoms. The Hall–Kier alpha value is -4.74. The molecule has 12 nitrogen and oxygen atoms in total. The Balaban J connectivity index is 1.13. The van der Waals surface area contributed by atoms with Gasteiger partial charge in [0.2, 0.25) is 17.6 Å². The molecule has 46 heavy (non-hydrogen) atoms. The number of carbonyl (C=O) groups is 5. The fourth-order valence-corrected chi connectivity index (χ4v) is 7.76. The second kappa shape index (κ2) is 13.3. The lowest BCUT2D eigenvalue weighted by Gasteiger charge is -2.54. The Labute approximate surface area is 265 Å². The van der Waals surface area contributed by atoms with E-state index in [9.17, 15) is 28.8 Å². The molecule has 4 amide bonds. The molecular formula is C34H39N5O7. The summed E-state index contributed by atoms with van der Waals surface area (Å²) in [4.78, 5) is 77.3. The number of para-hydroxylation sites is 1. The number of hydrogen-bond acceptors (Lipinski definition) is 7. The molecule has 2 heterocycles. The van der Waals surface area contributed by atoms with Gasteiger partial charge in [-0.25, -0.2) is 0 Å². The minimum atomic E-state index is -1.28. The monoisotopic (exact) mass is 629 g/mol. The van der Waals surface area contributed by atoms with Crippen molar-refractivity contribution < 1.29 is 28.4 Å². The number of carbonyl (C=O) groups excluding carboxylic acids is 5. The molecule has 4 aliphatic carbocycles. The van der Waals surface area contributed by atoms with Crippen LogP contribution < -0.4 is 26.8 Å². The zero-order chi connectivity index (χ0) is 32.4. The molecule has 242 valence electrons. The van der Waals surface area contributed by atoms with Gasteiger partial charge in [0, 0.05) is 30.6 Å². The van der Waals surface area contributed by atoms with Crippen molar-refractivity contribution in [3.05, 3.63) is 64.8 Å². The van der Waals surface area contributed by atoms with E-state index in [0.717, 1.165) is 37.5 Å². The van der Waals surface area contributed by atoms with Crippen LogP contribution in [0.4, 0.5) is 5.69 Å². The Morgan fingerprint density at radius 2 is 1.67 bits per heavy atom. The van der Waals surface area contributed by atoms with Gasteiger partial charge in [0.15, 0.2) is 5.76 Å². The SMILES string of the molecule is CCNC(=O)C(=O)CC[C@H](NC(=O)c1cc2ccccc2o1)C(=O)Nc1cccn(CC(=O)NC2C3CC4CC(C3)CC2C4)c1=O. The molecule has 4 N–H and O–H groups in total. The van der Waals surface area contributed by atoms with Gasteiger partial charge >= 0.3 is 0 Å². The van der Waals surface area contributed by atoms with E-state index >= 15 is 0 Å². The van der Waals surface area contributed by atoms with Crippen LogP contribution in [0.5, 0.6) is 0 Å². The van der Waals surface area contributed by atoms with Crippen LogP contribution in [-0.4, -0.2) is 52.6 Å². The summed E-state index contributed by atoms with van der Waals surface area (Å²) in [5.74, 6) is -0.745. The number of hydrogen-bond donors (Lipinski definition) is 4. The molecular weight excluding hydrogens is 590 g/mol. The number of nitrogens with zero attached hydrogens (tertiary/aromatic N) is 1. The van der Waals surface area contributed by atoms with Gasteiger partial charge in [-0.05, 0) is 93.4 Å². The number of anilines is 1. The van der Waals surface area contributed by atoms with Crippen molar-refractivity contribution in [3.8, 4) is 0 Å². The zero-order valence-electron chi connectivity index (χ0n) is 25.8. The van der Waals surface area contributed by atoms with Gasteiger partial charge in [0.05, 0.1) is 0 Å². The van der Waals surface area contributed by atoms with Crippen molar-refractivity contribution in [2.45, 2.75) is 70.5 Å². The molecule has 0 saturated heterocycles. The summed E-state index contributed by atoms with van der Waals surface area (Å²) in [6.07, 6.45) is 6.89. The van der Waals surface area contributed by atoms with E-state index in [1.807, 2.05) is 0 Å². The van der Waals surface area contributed by atoms with Gasteiger partial charge < -0.3 is 30.3 Å². The predicted octanol–water partition coefficient (Wildman–Crippen LogP) is 2.76. The summed E-state index contributed by atoms with van der Waals surface area (Å²) < 4.78 is 6.85. The standard InChI is InChI=1S/C34H39N5O7/c1-2-35-32(43)26(40)10-9-24(36-33(44)28-17-21-6-3-4-8-27(21)46-28)31(42)37-25-7-5-11-39(34(25)45)18-29(41)38-30-22-13-19-12-20(15-22)16-23(30)14-19/h3-8,11,17,19-20,22-24,30H,2,9-10,12-16,18H2,1H3,(H,35,43)(H,36,44)(H,37,42)(H,38,41)/t19?,20?,22?,23?,24-,30?/m0/s1. The Bertz CT molecular complexity index is 1660. The van der Waals surface area contributed by atoms with Crippen molar-refractivity contribution in [3.63, 3.8) is 0 Å². The van der Waals surface area contributed by atoms with Crippen LogP contribution in [0, 0.1) is 23.7 Å². The van der Waals surface area contributed by atoms with E-state index < -0.39 is 35.1 Å². The number of benzene rings is 1. The minimum absolute atomic E-state index is 0.0405. The van der Waals surface area contributed by atoms with E-state index in [0.29, 0.717) is 22.8 Å². The first-order chi connectivity index (χ1) is 22.2. The third-order valence-electron chi connectivity index (χ3n) is 9.67. The van der Waals surface area contributed by atoms with E-state index in [1.165, 1.54) is 29.3 Å². The summed E-state index contributed by atoms with van der Waals surface area (Å²) in [5, 5.41) is 11.4. The highest BCUT2D eigenvalue weighted by Crippen LogP contribution is 2.53. The number of amides is 4. The van der Waals surface area contributed by atoms with Crippen LogP contribution in [0.25, 0.3) is 11.0 Å². The van der Waals surface area contributed by atoms with Crippen molar-refractivity contribution in [1.29, 1.82) is 0 Å². The topological polar surface area (TPSA) is 169 Å². The summed E-state index contributed by atoms with van der Waals surface area (Å²) in [7, 11) is 0. The second-order valence-electron chi connectivity index (χ2n) is 12.9. The van der Waals surface area contributed by atoms with E-state index in [4.69, 9.17) is 4.42 Å². The number of rotatable bonds is 12. The number of fused-ring (bicyclic) bond motifs is 1. The molecule has 1 atom stereocenters. The van der Waals surface area contributed by atoms with Crippen LogP contribution in [0.2, 0.25) is 0 Å². The van der Waals surface area contributed by atoms with E-state index in [-0.39, 0.29) is 49.3 Å². The fourth-order valence-electron chi connectivity index (χ4n) is 7.76. The van der Waals surface area contributed by atoms with E-state index in [1.54, 1.807) is 37.3 Å². The summed E-state index contributed by atoms with van der Waals surface area (Å²) in [6.45, 7) is 1.74. The molecule has 2 aromatic heterocycles. The van der Waals surface area contributed by atoms with Gasteiger partial charge in [-0.2, -0.15) is 0 Å². The van der Waals surface area contributed by atoms with Crippen molar-refractivity contribution in [2.24, 2.45) is 23.7 Å². The maximum atomic E-state index is 13.5. The van der Waals surface area contributed by atoms with Gasteiger partial charge in [-0.1, -0.05) is 18.2 Å². The first kappa shape index (κ1) is 31.3. The van der Waals surface area contributed by atoms with Crippen LogP contribution in [-0.2, 0) is 25.7 Å². The van der Waals surface area contributed by atoms with Crippen molar-refractivity contribution >= 4 is 46.1 Å². The average molecular weight is 630 g/mol. The highest BCUT2D eigenvalue weighted by atomic mass is 16.3. The lowest BCUT2D eigenvalue weighted by molar-refractivity contribution is -0.138. The third kappa shape index (κ3) is 6.75. The lowest BCUT2D eigenvalue weighted by atomic mass is 9.54. The molecule has 0 aliphatic heterocycles. The number of likely N-dealkylation sites (N-methyl/N-ethyl adjacent to an activating group) is 1. The van der Waals surface area contributed by atoms with Crippen LogP contribution >= 0.6 is 0 Å². The maximum absolute atomic E-state index is 13.5. The average Bonchev–Trinajstić information content (AvgIpc) is 3.47. The predicted molar refractivity (Wildman–Crippen MR) is 169 cm³/mol. The number of furan rings is 1. The molecule has 4 bridgehead atoms. The number of Topliss-reactive ketones (excluding diaryl/α,β-unsaturated/α-hetero) is 1. The minimum Gasteiger partial charge on any atom is -0.451 e. The Kier molecular flexibility index (Phi) is 9.05. The summed E-state index contributed by atoms with van der Waals surface area (Å²) in [5.41, 5.74) is -0.193. The van der Waals surface area contributed by atoms with Crippen LogP contribution in [0.1, 0.15) is 62.4 Å². The third-order valence-corrected chi connectivity index (χ3v) is 9.67. The first-order valence-corrected chi connectivity index (χ1v) is 16.1. The molecule has 7 rings (SSSR count). The van der Waals surface area contributed by atoms with Crippen LogP contribution in [0.3, 0.4) is 0 Å². The van der Waals surface area contributed by atoms with Gasteiger partial charge in [-0.3, -0.25) is 28.8 Å². The zero-order valence-corrected chi connectivity index (χ0v) is 25.8. The van der Waals surface area contributed by atoms with Crippen LogP contribution in [0.15, 0.2) is 57.9 Å². The Morgan fingerprint density at radius 3 is 2.37 bits per heavy atom. The number of ketones is 1. The highest BCUT2D eigenvalue weighted by molar-refractivity contribution is 6.36. The molecule has 4 fully saturated rings. The smallest absolute Gasteiger partial charge is 0.287 e. The molecule has 4 saturated carbocycles. The molecule has 3 aromatic rings. The number of pyridine rings is 1. The summed E-state index contributed by atoms with van der Waals surface area (Å²) >= 11 is 0. The molecule has 0 unspecified atom stereocenters. The lowest BCUT2D eigenvalue weighted by Crippen LogP contribution is -2.56. The highest BCUT2D eigenvalue weighted by Gasteiger charge is 2.48. The molecule has 0 radical (unpaired) electrons. The molecule has 12 heteroatoms. The van der Waals surface area contributed by atoms with Gasteiger partial charge in [0.25, 0.3) is 17.4 Å². The normalized spacial score (nSPS) is 23.5. The fraction of sp³-hybridized carbons (Fsp3) is 0.471. The van der Waals surface area contributed by atoms with E-state index in [2.05, 4.69) is 21.3 Å². The Morgan fingerprint density at radius 1 is 0.957 bits per heavy atom. The summed E-state index contributed by atoms with van der Waals surface area (Å²) in [6, 6.07) is 10.4. The quantitative estimate of drug-likeness (QED) is 0.223. The number of aromatic nitrogens is 1. The number of nitrogens with one attached hydrogen (secondary N) is 4. The van der Waals surface area contributed by atoms with Gasteiger partial charge in [0.1, 0.15) is 23.9 Å². The largest absolute Gasteiger partial charge is 0.451 e. The first-order valence-electron chi connectivity index (χ1n) is 16.1. The molecule has 1 aromatic carbocycles.